The van der Waals surface area contributed by atoms with Gasteiger partial charge in [-0.25, -0.2) is 4.39 Å². The van der Waals surface area contributed by atoms with Crippen LogP contribution in [0.2, 0.25) is 0 Å². The van der Waals surface area contributed by atoms with Crippen molar-refractivity contribution in [2.45, 2.75) is 25.9 Å². The van der Waals surface area contributed by atoms with Gasteiger partial charge in [-0.15, -0.1) is 0 Å². The van der Waals surface area contributed by atoms with Gasteiger partial charge in [0, 0.05) is 0 Å². The molecule has 2 aromatic rings. The van der Waals surface area contributed by atoms with Crippen LogP contribution in [-0.4, -0.2) is 12.2 Å². The molecule has 106 valence electrons. The highest BCUT2D eigenvalue weighted by atomic mass is 19.1. The third-order valence-electron chi connectivity index (χ3n) is 3.64. The van der Waals surface area contributed by atoms with Gasteiger partial charge in [0.2, 0.25) is 0 Å². The Balaban J connectivity index is 2.39. The number of hydrogen-bond donors (Lipinski definition) is 1. The molecule has 0 fully saturated rings. The van der Waals surface area contributed by atoms with Crippen molar-refractivity contribution in [3.05, 3.63) is 65.0 Å². The molecule has 0 heterocycles. The van der Waals surface area contributed by atoms with E-state index >= 15 is 0 Å². The number of halogens is 1. The number of hydrogen-bond acceptors (Lipinski definition) is 2. The summed E-state index contributed by atoms with van der Waals surface area (Å²) in [5.74, 6) is -0.304. The Kier molecular flexibility index (Phi) is 4.09. The molecule has 0 bridgehead atoms. The first-order valence-corrected chi connectivity index (χ1v) is 6.65. The third-order valence-corrected chi connectivity index (χ3v) is 3.64. The molecule has 0 radical (unpaired) electrons. The van der Waals surface area contributed by atoms with Crippen molar-refractivity contribution >= 4 is 0 Å². The maximum Gasteiger partial charge on any atom is 0.165 e. The van der Waals surface area contributed by atoms with Gasteiger partial charge >= 0.3 is 0 Å². The van der Waals surface area contributed by atoms with Crippen molar-refractivity contribution in [2.75, 3.05) is 7.11 Å². The lowest BCUT2D eigenvalue weighted by atomic mass is 9.87. The molecule has 20 heavy (non-hydrogen) atoms. The fourth-order valence-electron chi connectivity index (χ4n) is 2.20. The lowest BCUT2D eigenvalue weighted by Crippen LogP contribution is -2.23. The van der Waals surface area contributed by atoms with Gasteiger partial charge < -0.3 is 9.84 Å². The summed E-state index contributed by atoms with van der Waals surface area (Å²) in [6.07, 6.45) is 0.944. The fourth-order valence-corrected chi connectivity index (χ4v) is 2.20. The maximum absolute atomic E-state index is 13.8. The molecule has 2 aromatic carbocycles. The largest absolute Gasteiger partial charge is 0.494 e. The highest BCUT2D eigenvalue weighted by molar-refractivity contribution is 5.39. The predicted octanol–water partition coefficient (Wildman–Crippen LogP) is 3.65. The zero-order valence-corrected chi connectivity index (χ0v) is 12.0. The van der Waals surface area contributed by atoms with E-state index in [1.165, 1.54) is 24.8 Å². The molecule has 0 aliphatic carbocycles. The molecule has 0 aliphatic heterocycles. The molecule has 0 spiro atoms. The summed E-state index contributed by atoms with van der Waals surface area (Å²) in [6, 6.07) is 12.2. The van der Waals surface area contributed by atoms with Gasteiger partial charge in [0.05, 0.1) is 7.11 Å². The van der Waals surface area contributed by atoms with Gasteiger partial charge in [-0.05, 0) is 42.2 Å². The summed E-state index contributed by atoms with van der Waals surface area (Å²) in [5.41, 5.74) is 1.20. The van der Waals surface area contributed by atoms with Gasteiger partial charge in [-0.1, -0.05) is 37.3 Å². The van der Waals surface area contributed by atoms with Crippen LogP contribution in [0.25, 0.3) is 0 Å². The molecule has 1 unspecified atom stereocenters. The average molecular weight is 274 g/mol. The SMILES string of the molecule is CCc1ccc(C(C)(O)c2ccc(OC)c(F)c2)cc1. The first-order valence-electron chi connectivity index (χ1n) is 6.65. The van der Waals surface area contributed by atoms with E-state index in [2.05, 4.69) is 6.92 Å². The first-order chi connectivity index (χ1) is 9.48. The van der Waals surface area contributed by atoms with E-state index in [1.807, 2.05) is 24.3 Å². The second kappa shape index (κ2) is 5.63. The van der Waals surface area contributed by atoms with Crippen LogP contribution in [-0.2, 0) is 12.0 Å². The van der Waals surface area contributed by atoms with E-state index in [-0.39, 0.29) is 5.75 Å². The van der Waals surface area contributed by atoms with Gasteiger partial charge in [0.25, 0.3) is 0 Å². The van der Waals surface area contributed by atoms with E-state index in [9.17, 15) is 9.50 Å². The van der Waals surface area contributed by atoms with Gasteiger partial charge in [0.1, 0.15) is 5.60 Å². The Hall–Kier alpha value is -1.87. The van der Waals surface area contributed by atoms with Gasteiger partial charge in [0.15, 0.2) is 11.6 Å². The van der Waals surface area contributed by atoms with Crippen molar-refractivity contribution in [2.24, 2.45) is 0 Å². The van der Waals surface area contributed by atoms with E-state index < -0.39 is 11.4 Å². The van der Waals surface area contributed by atoms with E-state index in [1.54, 1.807) is 13.0 Å². The normalized spacial score (nSPS) is 13.8. The molecular formula is C17H19FO2. The van der Waals surface area contributed by atoms with Crippen LogP contribution in [0, 0.1) is 5.82 Å². The summed E-state index contributed by atoms with van der Waals surface area (Å²) >= 11 is 0. The number of aryl methyl sites for hydroxylation is 1. The maximum atomic E-state index is 13.8. The van der Waals surface area contributed by atoms with Crippen molar-refractivity contribution in [1.82, 2.24) is 0 Å². The average Bonchev–Trinajstić information content (AvgIpc) is 2.47. The molecule has 1 N–H and O–H groups in total. The smallest absolute Gasteiger partial charge is 0.165 e. The van der Waals surface area contributed by atoms with Crippen LogP contribution in [0.3, 0.4) is 0 Å². The zero-order valence-electron chi connectivity index (χ0n) is 12.0. The molecule has 3 heteroatoms. The second-order valence-electron chi connectivity index (χ2n) is 4.97. The monoisotopic (exact) mass is 274 g/mol. The minimum atomic E-state index is -1.24. The molecule has 0 aliphatic rings. The number of benzene rings is 2. The van der Waals surface area contributed by atoms with Crippen molar-refractivity contribution in [1.29, 1.82) is 0 Å². The van der Waals surface area contributed by atoms with Crippen molar-refractivity contribution < 1.29 is 14.2 Å². The van der Waals surface area contributed by atoms with E-state index in [0.29, 0.717) is 5.56 Å². The lowest BCUT2D eigenvalue weighted by Gasteiger charge is -2.25. The topological polar surface area (TPSA) is 29.5 Å². The highest BCUT2D eigenvalue weighted by Gasteiger charge is 2.26. The minimum Gasteiger partial charge on any atom is -0.494 e. The summed E-state index contributed by atoms with van der Waals surface area (Å²) < 4.78 is 18.7. The predicted molar refractivity (Wildman–Crippen MR) is 77.4 cm³/mol. The molecule has 0 saturated heterocycles. The molecule has 1 atom stereocenters. The molecule has 0 amide bonds. The third kappa shape index (κ3) is 2.68. The molecule has 2 rings (SSSR count). The summed E-state index contributed by atoms with van der Waals surface area (Å²) in [6.45, 7) is 3.74. The summed E-state index contributed by atoms with van der Waals surface area (Å²) in [4.78, 5) is 0. The van der Waals surface area contributed by atoms with Crippen LogP contribution in [0.4, 0.5) is 4.39 Å². The Morgan fingerprint density at radius 3 is 2.20 bits per heavy atom. The fraction of sp³-hybridized carbons (Fsp3) is 0.294. The Bertz CT molecular complexity index is 588. The van der Waals surface area contributed by atoms with Crippen LogP contribution in [0.15, 0.2) is 42.5 Å². The lowest BCUT2D eigenvalue weighted by molar-refractivity contribution is 0.102. The van der Waals surface area contributed by atoms with Crippen LogP contribution in [0.5, 0.6) is 5.75 Å². The Morgan fingerprint density at radius 2 is 1.70 bits per heavy atom. The zero-order chi connectivity index (χ0) is 14.8. The van der Waals surface area contributed by atoms with Crippen LogP contribution < -0.4 is 4.74 Å². The highest BCUT2D eigenvalue weighted by Crippen LogP contribution is 2.31. The summed E-state index contributed by atoms with van der Waals surface area (Å²) in [7, 11) is 1.42. The molecule has 0 saturated carbocycles. The second-order valence-corrected chi connectivity index (χ2v) is 4.97. The number of ether oxygens (including phenoxy) is 1. The first kappa shape index (κ1) is 14.5. The standard InChI is InChI=1S/C17H19FO2/c1-4-12-5-7-13(8-6-12)17(2,19)14-9-10-16(20-3)15(18)11-14/h5-11,19H,4H2,1-3H3. The number of aliphatic hydroxyl groups is 1. The van der Waals surface area contributed by atoms with Gasteiger partial charge in [-0.2, -0.15) is 0 Å². The minimum absolute atomic E-state index is 0.172. The van der Waals surface area contributed by atoms with Crippen molar-refractivity contribution in [3.8, 4) is 5.75 Å². The Labute approximate surface area is 118 Å². The van der Waals surface area contributed by atoms with Crippen LogP contribution >= 0.6 is 0 Å². The van der Waals surface area contributed by atoms with Gasteiger partial charge in [-0.3, -0.25) is 0 Å². The molecular weight excluding hydrogens is 255 g/mol. The molecule has 2 nitrogen and oxygen atoms in total. The summed E-state index contributed by atoms with van der Waals surface area (Å²) in [5, 5.41) is 10.7. The Morgan fingerprint density at radius 1 is 1.10 bits per heavy atom. The van der Waals surface area contributed by atoms with E-state index in [4.69, 9.17) is 4.74 Å². The van der Waals surface area contributed by atoms with Crippen molar-refractivity contribution in [3.63, 3.8) is 0 Å². The van der Waals surface area contributed by atoms with Crippen LogP contribution in [0.1, 0.15) is 30.5 Å². The number of methoxy groups -OCH3 is 1. The van der Waals surface area contributed by atoms with E-state index in [0.717, 1.165) is 12.0 Å². The molecule has 0 aromatic heterocycles. The quantitative estimate of drug-likeness (QED) is 0.922. The number of rotatable bonds is 4.